The lowest BCUT2D eigenvalue weighted by atomic mass is 9.94. The Labute approximate surface area is 380 Å². The number of amides is 1. The highest BCUT2D eigenvalue weighted by Crippen LogP contribution is 2.43. The Kier molecular flexibility index (Phi) is 18.9. The van der Waals surface area contributed by atoms with Gasteiger partial charge in [0.15, 0.2) is 0 Å². The van der Waals surface area contributed by atoms with Gasteiger partial charge < -0.3 is 40.5 Å². The number of halogens is 2. The number of benzene rings is 4. The third-order valence-electron chi connectivity index (χ3n) is 11.0. The largest absolute Gasteiger partial charge is 0.481 e. The van der Waals surface area contributed by atoms with Crippen LogP contribution in [0.15, 0.2) is 115 Å². The molecule has 3 atom stereocenters. The number of aliphatic carboxylic acids is 1. The minimum atomic E-state index is -1.18. The summed E-state index contributed by atoms with van der Waals surface area (Å²) >= 11 is 6.03. The van der Waals surface area contributed by atoms with Gasteiger partial charge in [-0.1, -0.05) is 80.9 Å². The summed E-state index contributed by atoms with van der Waals surface area (Å²) in [6, 6.07) is 33.0. The predicted octanol–water partition coefficient (Wildman–Crippen LogP) is 10.1. The Morgan fingerprint density at radius 3 is 2.19 bits per heavy atom. The number of pyridine rings is 1. The molecule has 11 nitrogen and oxygen atoms in total. The number of likely N-dealkylation sites (N-methyl/N-ethyl adjacent to an activating group) is 1. The second kappa shape index (κ2) is 24.4. The van der Waals surface area contributed by atoms with Crippen LogP contribution in [0.3, 0.4) is 0 Å². The van der Waals surface area contributed by atoms with Gasteiger partial charge in [-0.3, -0.25) is 14.6 Å². The number of aliphatic hydroxyl groups is 3. The number of carbonyl (C=O) groups excluding carboxylic acids is 1. The predicted molar refractivity (Wildman–Crippen MR) is 256 cm³/mol. The molecule has 6 aromatic rings. The van der Waals surface area contributed by atoms with Crippen molar-refractivity contribution in [1.29, 1.82) is 0 Å². The number of aromatic nitrogens is 2. The fraction of sp³-hybridized carbons (Fsp3) is 0.353. The number of para-hydroxylation sites is 1. The molecule has 4 aromatic carbocycles. The molecule has 0 aliphatic rings. The minimum Gasteiger partial charge on any atom is -0.481 e. The Hall–Kier alpha value is -5.63. The number of hydrogen-bond donors (Lipinski definition) is 6. The molecule has 6 rings (SSSR count). The molecule has 13 heteroatoms. The van der Waals surface area contributed by atoms with Crippen molar-refractivity contribution in [3.05, 3.63) is 137 Å². The van der Waals surface area contributed by atoms with Crippen LogP contribution in [0.25, 0.3) is 33.3 Å². The van der Waals surface area contributed by atoms with E-state index >= 15 is 0 Å². The number of anilines is 2. The molecule has 1 unspecified atom stereocenters. The fourth-order valence-electron chi connectivity index (χ4n) is 7.98. The zero-order chi connectivity index (χ0) is 46.2. The maximum atomic E-state index is 14.0. The van der Waals surface area contributed by atoms with Gasteiger partial charge in [0.2, 0.25) is 0 Å². The average Bonchev–Trinajstić information content (AvgIpc) is 3.62. The Bertz CT molecular complexity index is 2400. The number of rotatable bonds is 21. The topological polar surface area (TPSA) is 160 Å². The zero-order valence-corrected chi connectivity index (χ0v) is 37.8. The van der Waals surface area contributed by atoms with Crippen molar-refractivity contribution in [3.63, 3.8) is 0 Å². The first-order valence-corrected chi connectivity index (χ1v) is 22.3. The molecule has 0 aliphatic heterocycles. The third-order valence-corrected chi connectivity index (χ3v) is 11.2. The summed E-state index contributed by atoms with van der Waals surface area (Å²) in [7, 11) is 0. The van der Waals surface area contributed by atoms with E-state index in [0.29, 0.717) is 39.1 Å². The van der Waals surface area contributed by atoms with Crippen molar-refractivity contribution in [2.75, 3.05) is 36.9 Å². The summed E-state index contributed by atoms with van der Waals surface area (Å²) in [5.74, 6) is -1.93. The van der Waals surface area contributed by atoms with E-state index in [0.717, 1.165) is 60.3 Å². The Morgan fingerprint density at radius 1 is 0.859 bits per heavy atom. The van der Waals surface area contributed by atoms with Crippen LogP contribution < -0.4 is 10.6 Å². The molecule has 0 aliphatic carbocycles. The molecule has 2 aromatic heterocycles. The van der Waals surface area contributed by atoms with Crippen molar-refractivity contribution in [3.8, 4) is 22.4 Å². The molecule has 0 bridgehead atoms. The molecule has 0 radical (unpaired) electrons. The van der Waals surface area contributed by atoms with Crippen molar-refractivity contribution < 1.29 is 34.4 Å². The van der Waals surface area contributed by atoms with Crippen LogP contribution in [-0.4, -0.2) is 91.2 Å². The highest BCUT2D eigenvalue weighted by atomic mass is 35.5. The molecular formula is C51H61ClFN5O6. The van der Waals surface area contributed by atoms with Crippen molar-refractivity contribution in [1.82, 2.24) is 14.5 Å². The van der Waals surface area contributed by atoms with Crippen molar-refractivity contribution in [2.24, 2.45) is 0 Å². The fourth-order valence-corrected chi connectivity index (χ4v) is 8.14. The molecule has 0 spiro atoms. The summed E-state index contributed by atoms with van der Waals surface area (Å²) in [6.07, 6.45) is 1.50. The van der Waals surface area contributed by atoms with Gasteiger partial charge in [0.1, 0.15) is 5.82 Å². The summed E-state index contributed by atoms with van der Waals surface area (Å²) < 4.78 is 16.0. The Balaban J connectivity index is 0.000000283. The van der Waals surface area contributed by atoms with Crippen LogP contribution >= 0.6 is 11.6 Å². The average molecular weight is 895 g/mol. The van der Waals surface area contributed by atoms with Crippen LogP contribution in [-0.2, 0) is 11.3 Å². The standard InChI is InChI=1S/C33H35FN2O5.C18H26ClN3O/c1-21(2)31-30(33(41)35-25-11-7-4-8-12-25)29(22-9-5-3-6-10-22)32(23-13-15-24(34)16-14-23)36(31)18-17-26(37)19-27(38)20-28(39)40;1-3-22(11-12-23)10-4-5-14(2)21-17-8-9-20-18-13-15(19)6-7-16(17)18/h3-16,21,26-27,37-38H,17-20H2,1-2H3,(H,35,41)(H,39,40);6-9,13-14,23H,3-5,10-12H2,1-2H3,(H,20,21)/t26-,27-;/m1./s1. The quantitative estimate of drug-likeness (QED) is 0.0413. The summed E-state index contributed by atoms with van der Waals surface area (Å²) in [6.45, 7) is 11.6. The van der Waals surface area contributed by atoms with Gasteiger partial charge in [-0.05, 0) is 123 Å². The smallest absolute Gasteiger partial charge is 0.305 e. The lowest BCUT2D eigenvalue weighted by Crippen LogP contribution is -2.28. The Morgan fingerprint density at radius 2 is 1.55 bits per heavy atom. The van der Waals surface area contributed by atoms with E-state index < -0.39 is 24.6 Å². The lowest BCUT2D eigenvalue weighted by Gasteiger charge is -2.21. The van der Waals surface area contributed by atoms with E-state index in [9.17, 15) is 24.2 Å². The number of carboxylic acid groups (broad SMARTS) is 1. The number of fused-ring (bicyclic) bond motifs is 1. The summed E-state index contributed by atoms with van der Waals surface area (Å²) in [5, 5.41) is 47.2. The molecular weight excluding hydrogens is 833 g/mol. The van der Waals surface area contributed by atoms with Crippen molar-refractivity contribution in [2.45, 2.75) is 90.5 Å². The second-order valence-electron chi connectivity index (χ2n) is 16.3. The van der Waals surface area contributed by atoms with Crippen LogP contribution in [0.1, 0.15) is 81.8 Å². The SMILES string of the molecule is CC(C)c1c(C(=O)Nc2ccccc2)c(-c2ccccc2)c(-c2ccc(F)cc2)n1CC[C@@H](O)C[C@@H](O)CC(=O)O.CCN(CCO)CCCC(C)Nc1ccnc2cc(Cl)ccc12. The number of carbonyl (C=O) groups is 2. The number of nitrogens with one attached hydrogen (secondary N) is 2. The first kappa shape index (κ1) is 49.4. The molecule has 0 fully saturated rings. The maximum Gasteiger partial charge on any atom is 0.305 e. The highest BCUT2D eigenvalue weighted by Gasteiger charge is 2.31. The van der Waals surface area contributed by atoms with Crippen LogP contribution in [0.2, 0.25) is 5.02 Å². The van der Waals surface area contributed by atoms with Crippen LogP contribution in [0.5, 0.6) is 0 Å². The number of carboxylic acids is 1. The number of nitrogens with zero attached hydrogens (tertiary/aromatic N) is 3. The summed E-state index contributed by atoms with van der Waals surface area (Å²) in [4.78, 5) is 31.7. The van der Waals surface area contributed by atoms with Gasteiger partial charge in [-0.2, -0.15) is 0 Å². The first-order valence-electron chi connectivity index (χ1n) is 22.0. The molecule has 6 N–H and O–H groups in total. The maximum absolute atomic E-state index is 14.0. The van der Waals surface area contributed by atoms with E-state index in [4.69, 9.17) is 21.8 Å². The van der Waals surface area contributed by atoms with E-state index in [1.807, 2.05) is 110 Å². The van der Waals surface area contributed by atoms with E-state index in [1.54, 1.807) is 12.1 Å². The first-order chi connectivity index (χ1) is 30.8. The third kappa shape index (κ3) is 13.9. The van der Waals surface area contributed by atoms with Gasteiger partial charge in [-0.25, -0.2) is 4.39 Å². The van der Waals surface area contributed by atoms with Gasteiger partial charge in [0.05, 0.1) is 42.0 Å². The highest BCUT2D eigenvalue weighted by molar-refractivity contribution is 6.31. The van der Waals surface area contributed by atoms with Gasteiger partial charge in [0, 0.05) is 58.4 Å². The molecule has 0 saturated heterocycles. The van der Waals surface area contributed by atoms with Crippen LogP contribution in [0, 0.1) is 5.82 Å². The molecule has 2 heterocycles. The second-order valence-corrected chi connectivity index (χ2v) is 16.7. The van der Waals surface area contributed by atoms with Crippen molar-refractivity contribution >= 4 is 45.8 Å². The van der Waals surface area contributed by atoms with Gasteiger partial charge >= 0.3 is 5.97 Å². The van der Waals surface area contributed by atoms with E-state index in [2.05, 4.69) is 34.4 Å². The van der Waals surface area contributed by atoms with Crippen LogP contribution in [0.4, 0.5) is 15.8 Å². The molecule has 64 heavy (non-hydrogen) atoms. The monoisotopic (exact) mass is 893 g/mol. The van der Waals surface area contributed by atoms with Gasteiger partial charge in [0.25, 0.3) is 5.91 Å². The summed E-state index contributed by atoms with van der Waals surface area (Å²) in [5.41, 5.74) is 6.78. The minimum absolute atomic E-state index is 0.0939. The number of hydrogen-bond acceptors (Lipinski definition) is 8. The molecule has 340 valence electrons. The van der Waals surface area contributed by atoms with Gasteiger partial charge in [-0.15, -0.1) is 0 Å². The lowest BCUT2D eigenvalue weighted by molar-refractivity contribution is -0.139. The zero-order valence-electron chi connectivity index (χ0n) is 37.1. The molecule has 1 amide bonds. The molecule has 0 saturated carbocycles. The number of aliphatic hydroxyl groups excluding tert-OH is 3. The van der Waals surface area contributed by atoms with E-state index in [-0.39, 0.29) is 43.6 Å². The normalized spacial score (nSPS) is 12.7. The van der Waals surface area contributed by atoms with E-state index in [1.165, 1.54) is 12.1 Å².